The third-order valence-corrected chi connectivity index (χ3v) is 2.32. The van der Waals surface area contributed by atoms with Crippen molar-refractivity contribution in [1.82, 2.24) is 4.98 Å². The number of hydrogen-bond donors (Lipinski definition) is 1. The molecule has 0 bridgehead atoms. The van der Waals surface area contributed by atoms with Crippen LogP contribution in [0.3, 0.4) is 0 Å². The lowest BCUT2D eigenvalue weighted by Gasteiger charge is -1.96. The van der Waals surface area contributed by atoms with Crippen molar-refractivity contribution >= 4 is 28.8 Å². The first-order valence-electron chi connectivity index (χ1n) is 4.20. The van der Waals surface area contributed by atoms with Gasteiger partial charge in [-0.3, -0.25) is 4.79 Å². The van der Waals surface area contributed by atoms with Gasteiger partial charge in [0.1, 0.15) is 5.82 Å². The monoisotopic (exact) mass is 208 g/mol. The molecule has 0 amide bonds. The minimum absolute atomic E-state index is 0.119. The normalized spacial score (nSPS) is 10.6. The van der Waals surface area contributed by atoms with E-state index in [9.17, 15) is 4.79 Å². The van der Waals surface area contributed by atoms with E-state index in [0.717, 1.165) is 5.56 Å². The number of carbonyl (C=O) groups excluding carboxylic acids is 1. The smallest absolute Gasteiger partial charge is 0.186 e. The Balaban J connectivity index is 2.52. The van der Waals surface area contributed by atoms with Crippen molar-refractivity contribution in [3.8, 4) is 0 Å². The van der Waals surface area contributed by atoms with E-state index in [0.29, 0.717) is 11.6 Å². The molecule has 1 aromatic heterocycles. The highest BCUT2D eigenvalue weighted by Gasteiger charge is 1.93. The van der Waals surface area contributed by atoms with Gasteiger partial charge in [-0.15, -0.1) is 0 Å². The Morgan fingerprint density at radius 3 is 3.14 bits per heavy atom. The van der Waals surface area contributed by atoms with Crippen molar-refractivity contribution in [1.29, 1.82) is 0 Å². The highest BCUT2D eigenvalue weighted by atomic mass is 32.2. The number of nitrogen functional groups attached to an aromatic ring is 1. The molecule has 0 saturated carbocycles. The van der Waals surface area contributed by atoms with Crippen LogP contribution in [0.5, 0.6) is 0 Å². The number of carbonyl (C=O) groups is 1. The maximum absolute atomic E-state index is 10.6. The second-order valence-electron chi connectivity index (χ2n) is 2.68. The highest BCUT2D eigenvalue weighted by molar-refractivity contribution is 8.13. The Morgan fingerprint density at radius 1 is 1.71 bits per heavy atom. The van der Waals surface area contributed by atoms with Crippen molar-refractivity contribution < 1.29 is 4.79 Å². The van der Waals surface area contributed by atoms with Gasteiger partial charge in [-0.25, -0.2) is 4.98 Å². The van der Waals surface area contributed by atoms with Gasteiger partial charge in [0, 0.05) is 24.4 Å². The maximum atomic E-state index is 10.6. The van der Waals surface area contributed by atoms with Crippen LogP contribution in [-0.2, 0) is 4.79 Å². The zero-order valence-corrected chi connectivity index (χ0v) is 8.75. The number of rotatable bonds is 3. The molecule has 0 radical (unpaired) electrons. The van der Waals surface area contributed by atoms with E-state index < -0.39 is 0 Å². The van der Waals surface area contributed by atoms with E-state index in [1.54, 1.807) is 13.1 Å². The largest absolute Gasteiger partial charge is 0.383 e. The topological polar surface area (TPSA) is 56.0 Å². The molecule has 4 heteroatoms. The molecule has 2 N–H and O–H groups in total. The summed E-state index contributed by atoms with van der Waals surface area (Å²) in [5.74, 6) is 1.18. The molecule has 0 aliphatic heterocycles. The summed E-state index contributed by atoms with van der Waals surface area (Å²) >= 11 is 1.27. The number of aromatic nitrogens is 1. The molecule has 74 valence electrons. The first-order valence-corrected chi connectivity index (χ1v) is 5.19. The van der Waals surface area contributed by atoms with Crippen LogP contribution < -0.4 is 5.73 Å². The molecule has 0 fully saturated rings. The fourth-order valence-corrected chi connectivity index (χ4v) is 1.34. The van der Waals surface area contributed by atoms with E-state index in [4.69, 9.17) is 5.73 Å². The zero-order valence-electron chi connectivity index (χ0n) is 7.93. The molecular weight excluding hydrogens is 196 g/mol. The quantitative estimate of drug-likeness (QED) is 0.825. The lowest BCUT2D eigenvalue weighted by Crippen LogP contribution is -1.92. The molecule has 14 heavy (non-hydrogen) atoms. The van der Waals surface area contributed by atoms with Crippen LogP contribution in [0.1, 0.15) is 12.5 Å². The van der Waals surface area contributed by atoms with E-state index >= 15 is 0 Å². The van der Waals surface area contributed by atoms with Crippen LogP contribution >= 0.6 is 11.8 Å². The fourth-order valence-electron chi connectivity index (χ4n) is 0.911. The predicted octanol–water partition coefficient (Wildman–Crippen LogP) is 1.96. The van der Waals surface area contributed by atoms with Crippen LogP contribution in [0, 0.1) is 0 Å². The SMILES string of the molecule is CC(=O)SCC=Cc1cccnc1N. The van der Waals surface area contributed by atoms with Gasteiger partial charge in [-0.05, 0) is 12.1 Å². The van der Waals surface area contributed by atoms with E-state index in [2.05, 4.69) is 4.98 Å². The molecule has 0 unspecified atom stereocenters. The lowest BCUT2D eigenvalue weighted by atomic mass is 10.2. The standard InChI is InChI=1S/C10H12N2OS/c1-8(13)14-7-3-5-9-4-2-6-12-10(9)11/h2-6H,7H2,1H3,(H2,11,12). The minimum Gasteiger partial charge on any atom is -0.383 e. The third kappa shape index (κ3) is 3.62. The summed E-state index contributed by atoms with van der Waals surface area (Å²) in [6.45, 7) is 1.55. The Labute approximate surface area is 87.4 Å². The number of nitrogens with zero attached hydrogens (tertiary/aromatic N) is 1. The van der Waals surface area contributed by atoms with Crippen molar-refractivity contribution in [2.24, 2.45) is 0 Å². The minimum atomic E-state index is 0.119. The van der Waals surface area contributed by atoms with Crippen molar-refractivity contribution in [2.45, 2.75) is 6.92 Å². The van der Waals surface area contributed by atoms with Gasteiger partial charge < -0.3 is 5.73 Å². The fraction of sp³-hybridized carbons (Fsp3) is 0.200. The predicted molar refractivity (Wildman–Crippen MR) is 60.8 cm³/mol. The maximum Gasteiger partial charge on any atom is 0.186 e. The van der Waals surface area contributed by atoms with Gasteiger partial charge in [-0.1, -0.05) is 23.9 Å². The molecule has 0 aliphatic rings. The Bertz CT molecular complexity index is 350. The summed E-state index contributed by atoms with van der Waals surface area (Å²) in [7, 11) is 0. The van der Waals surface area contributed by atoms with Crippen LogP contribution in [0.25, 0.3) is 6.08 Å². The summed E-state index contributed by atoms with van der Waals surface area (Å²) in [4.78, 5) is 14.6. The van der Waals surface area contributed by atoms with E-state index in [1.807, 2.05) is 24.3 Å². The average molecular weight is 208 g/mol. The Morgan fingerprint density at radius 2 is 2.50 bits per heavy atom. The van der Waals surface area contributed by atoms with Crippen LogP contribution in [0.4, 0.5) is 5.82 Å². The molecule has 1 heterocycles. The first kappa shape index (κ1) is 10.8. The highest BCUT2D eigenvalue weighted by Crippen LogP contribution is 2.10. The number of pyridine rings is 1. The Hall–Kier alpha value is -1.29. The first-order chi connectivity index (χ1) is 6.70. The van der Waals surface area contributed by atoms with Gasteiger partial charge in [0.15, 0.2) is 5.12 Å². The molecule has 0 aromatic carbocycles. The molecule has 0 atom stereocenters. The van der Waals surface area contributed by atoms with Gasteiger partial charge in [0.2, 0.25) is 0 Å². The lowest BCUT2D eigenvalue weighted by molar-refractivity contribution is -0.109. The van der Waals surface area contributed by atoms with Gasteiger partial charge in [-0.2, -0.15) is 0 Å². The molecule has 1 rings (SSSR count). The second-order valence-corrected chi connectivity index (χ2v) is 3.88. The number of anilines is 1. The molecular formula is C10H12N2OS. The number of hydrogen-bond acceptors (Lipinski definition) is 4. The van der Waals surface area contributed by atoms with Crippen LogP contribution in [0.2, 0.25) is 0 Å². The Kier molecular flexibility index (Phi) is 4.19. The van der Waals surface area contributed by atoms with E-state index in [1.165, 1.54) is 11.8 Å². The summed E-state index contributed by atoms with van der Waals surface area (Å²) in [5.41, 5.74) is 6.51. The van der Waals surface area contributed by atoms with Gasteiger partial charge in [0.25, 0.3) is 0 Å². The number of thioether (sulfide) groups is 1. The zero-order chi connectivity index (χ0) is 10.4. The average Bonchev–Trinajstić information content (AvgIpc) is 2.15. The number of nitrogens with two attached hydrogens (primary N) is 1. The van der Waals surface area contributed by atoms with E-state index in [-0.39, 0.29) is 5.12 Å². The summed E-state index contributed by atoms with van der Waals surface area (Å²) in [5, 5.41) is 0.119. The molecule has 0 aliphatic carbocycles. The third-order valence-electron chi connectivity index (χ3n) is 1.55. The van der Waals surface area contributed by atoms with Crippen molar-refractivity contribution in [3.63, 3.8) is 0 Å². The van der Waals surface area contributed by atoms with Crippen LogP contribution in [0.15, 0.2) is 24.4 Å². The summed E-state index contributed by atoms with van der Waals surface area (Å²) in [6, 6.07) is 3.71. The molecule has 1 aromatic rings. The summed E-state index contributed by atoms with van der Waals surface area (Å²) in [6.07, 6.45) is 5.43. The van der Waals surface area contributed by atoms with Gasteiger partial charge >= 0.3 is 0 Å². The van der Waals surface area contributed by atoms with Crippen molar-refractivity contribution in [3.05, 3.63) is 30.0 Å². The summed E-state index contributed by atoms with van der Waals surface area (Å²) < 4.78 is 0. The van der Waals surface area contributed by atoms with Crippen molar-refractivity contribution in [2.75, 3.05) is 11.5 Å². The van der Waals surface area contributed by atoms with Gasteiger partial charge in [0.05, 0.1) is 0 Å². The molecule has 3 nitrogen and oxygen atoms in total. The second kappa shape index (κ2) is 5.44. The molecule has 0 spiro atoms. The molecule has 0 saturated heterocycles. The van der Waals surface area contributed by atoms with Crippen LogP contribution in [-0.4, -0.2) is 15.9 Å².